The minimum Gasteiger partial charge on any atom is -0.311 e. The quantitative estimate of drug-likeness (QED) is 0.149. The fourth-order valence-electron chi connectivity index (χ4n) is 11.3. The van der Waals surface area contributed by atoms with Gasteiger partial charge in [0.15, 0.2) is 17.5 Å². The minimum absolute atomic E-state index is 0.0413. The highest BCUT2D eigenvalue weighted by atomic mass is 19.4. The van der Waals surface area contributed by atoms with E-state index in [1.807, 2.05) is 108 Å². The molecule has 0 amide bonds. The molecule has 4 heterocycles. The summed E-state index contributed by atoms with van der Waals surface area (Å²) in [5.41, 5.74) is 14.1. The number of halogens is 3. The molecule has 12 aromatic rings. The van der Waals surface area contributed by atoms with Crippen LogP contribution < -0.4 is 26.2 Å². The van der Waals surface area contributed by atoms with E-state index in [9.17, 15) is 0 Å². The number of hydrogen-bond acceptors (Lipinski definition) is 5. The van der Waals surface area contributed by atoms with Crippen molar-refractivity contribution in [2.45, 2.75) is 6.18 Å². The van der Waals surface area contributed by atoms with Gasteiger partial charge in [0.25, 0.3) is 6.71 Å². The molecular formula is C64H40BF3N6. The number of nitrogens with zero attached hydrogens (tertiary/aromatic N) is 6. The van der Waals surface area contributed by atoms with E-state index in [-0.39, 0.29) is 29.7 Å². The maximum Gasteiger partial charge on any atom is 0.417 e. The second-order valence-electron chi connectivity index (χ2n) is 18.6. The normalized spacial score (nSPS) is 12.7. The zero-order chi connectivity index (χ0) is 49.5. The Morgan fingerprint density at radius 1 is 0.351 bits per heavy atom. The van der Waals surface area contributed by atoms with E-state index >= 15 is 13.2 Å². The monoisotopic (exact) mass is 960 g/mol. The molecule has 0 bridgehead atoms. The van der Waals surface area contributed by atoms with E-state index in [0.717, 1.165) is 73.1 Å². The summed E-state index contributed by atoms with van der Waals surface area (Å²) >= 11 is 0. The highest BCUT2D eigenvalue weighted by molar-refractivity contribution is 7.00. The number of benzene rings is 10. The van der Waals surface area contributed by atoms with Crippen LogP contribution in [-0.4, -0.2) is 26.2 Å². The Morgan fingerprint density at radius 2 is 0.824 bits per heavy atom. The number of fused-ring (bicyclic) bond motifs is 7. The van der Waals surface area contributed by atoms with Crippen LogP contribution in [0.15, 0.2) is 243 Å². The largest absolute Gasteiger partial charge is 0.417 e. The SMILES string of the molecule is FC(F)(F)c1cccc(-n2c3ccccc3c3cc(-c4cc5c6c(c4)N(c4ccccc4)c4ccccc4B6c4ccccc4N5c4ccccc4)ccc32)c1-c1nc(-c2ccccc2)nc(-c2ccccc2)n1. The first kappa shape index (κ1) is 43.3. The molecule has 10 heteroatoms. The molecule has 350 valence electrons. The van der Waals surface area contributed by atoms with Crippen molar-refractivity contribution in [3.05, 3.63) is 248 Å². The first-order chi connectivity index (χ1) is 36.4. The van der Waals surface area contributed by atoms with Crippen molar-refractivity contribution in [1.29, 1.82) is 0 Å². The number of aromatic nitrogens is 4. The van der Waals surface area contributed by atoms with Gasteiger partial charge in [0.2, 0.25) is 0 Å². The van der Waals surface area contributed by atoms with Gasteiger partial charge in [-0.1, -0.05) is 164 Å². The van der Waals surface area contributed by atoms with Crippen LogP contribution in [0.1, 0.15) is 5.56 Å². The Labute approximate surface area is 425 Å². The number of hydrogen-bond donors (Lipinski definition) is 0. The van der Waals surface area contributed by atoms with Crippen molar-refractivity contribution < 1.29 is 13.2 Å². The van der Waals surface area contributed by atoms with Gasteiger partial charge in [0.05, 0.1) is 27.8 Å². The lowest BCUT2D eigenvalue weighted by atomic mass is 9.33. The van der Waals surface area contributed by atoms with Gasteiger partial charge < -0.3 is 14.4 Å². The van der Waals surface area contributed by atoms with Crippen LogP contribution in [0.5, 0.6) is 0 Å². The maximum atomic E-state index is 15.6. The summed E-state index contributed by atoms with van der Waals surface area (Å²) in [6.07, 6.45) is -4.75. The number of rotatable bonds is 7. The van der Waals surface area contributed by atoms with E-state index in [1.54, 1.807) is 6.07 Å². The Hall–Kier alpha value is -9.54. The molecule has 0 unspecified atom stereocenters. The van der Waals surface area contributed by atoms with Crippen molar-refractivity contribution in [1.82, 2.24) is 19.5 Å². The standard InChI is InChI=1S/C64H40BF3N6/c66-64(67,68)49-29-19-35-56(59(49)63-70-61(41-20-5-1-6-21-41)69-62(71-63)42-22-7-2-8-23-42)74-52-32-16-13-28-47(52)48-38-43(36-37-53(48)74)44-39-57-60-58(40-44)73(46-26-11-4-12-27-46)55-34-18-15-31-51(55)65(60)50-30-14-17-33-54(50)72(57)45-24-9-3-10-25-45/h1-40H. The van der Waals surface area contributed by atoms with Crippen LogP contribution in [0.25, 0.3) is 72.8 Å². The number of alkyl halides is 3. The molecule has 2 aromatic heterocycles. The second-order valence-corrected chi connectivity index (χ2v) is 18.6. The Bertz CT molecular complexity index is 3980. The van der Waals surface area contributed by atoms with E-state index in [0.29, 0.717) is 16.8 Å². The summed E-state index contributed by atoms with van der Waals surface area (Å²) in [4.78, 5) is 19.3. The predicted molar refractivity (Wildman–Crippen MR) is 295 cm³/mol. The molecular weight excluding hydrogens is 921 g/mol. The number of anilines is 6. The number of para-hydroxylation sites is 5. The van der Waals surface area contributed by atoms with E-state index in [1.165, 1.54) is 22.5 Å². The third kappa shape index (κ3) is 6.94. The lowest BCUT2D eigenvalue weighted by molar-refractivity contribution is -0.137. The summed E-state index contributed by atoms with van der Waals surface area (Å²) in [7, 11) is 0. The minimum atomic E-state index is -4.75. The van der Waals surface area contributed by atoms with Gasteiger partial charge in [-0.05, 0) is 106 Å². The molecule has 0 saturated carbocycles. The van der Waals surface area contributed by atoms with Crippen LogP contribution in [0, 0.1) is 0 Å². The van der Waals surface area contributed by atoms with Crippen molar-refractivity contribution in [2.75, 3.05) is 9.80 Å². The molecule has 0 N–H and O–H groups in total. The van der Waals surface area contributed by atoms with Gasteiger partial charge in [-0.2, -0.15) is 13.2 Å². The molecule has 74 heavy (non-hydrogen) atoms. The van der Waals surface area contributed by atoms with Crippen molar-refractivity contribution in [2.24, 2.45) is 0 Å². The average molecular weight is 961 g/mol. The van der Waals surface area contributed by atoms with E-state index in [2.05, 4.69) is 131 Å². The molecule has 0 fully saturated rings. The molecule has 0 radical (unpaired) electrons. The molecule has 2 aliphatic rings. The smallest absolute Gasteiger partial charge is 0.311 e. The van der Waals surface area contributed by atoms with Gasteiger partial charge >= 0.3 is 6.18 Å². The maximum absolute atomic E-state index is 15.6. The lowest BCUT2D eigenvalue weighted by Crippen LogP contribution is -2.61. The summed E-state index contributed by atoms with van der Waals surface area (Å²) < 4.78 is 48.8. The lowest BCUT2D eigenvalue weighted by Gasteiger charge is -2.44. The molecule has 0 spiro atoms. The fraction of sp³-hybridized carbons (Fsp3) is 0.0156. The van der Waals surface area contributed by atoms with Crippen LogP contribution in [0.3, 0.4) is 0 Å². The molecule has 0 aliphatic carbocycles. The molecule has 0 saturated heterocycles. The first-order valence-corrected chi connectivity index (χ1v) is 24.5. The van der Waals surface area contributed by atoms with Gasteiger partial charge in [-0.25, -0.2) is 15.0 Å². The summed E-state index contributed by atoms with van der Waals surface area (Å²) in [5.74, 6) is 0.449. The van der Waals surface area contributed by atoms with E-state index in [4.69, 9.17) is 15.0 Å². The predicted octanol–water partition coefficient (Wildman–Crippen LogP) is 14.7. The summed E-state index contributed by atoms with van der Waals surface area (Å²) in [6, 6.07) is 80.2. The van der Waals surface area contributed by atoms with Crippen LogP contribution >= 0.6 is 0 Å². The molecule has 10 aromatic carbocycles. The highest BCUT2D eigenvalue weighted by Gasteiger charge is 2.43. The Balaban J connectivity index is 1.02. The van der Waals surface area contributed by atoms with Crippen molar-refractivity contribution in [3.8, 4) is 51.0 Å². The topological polar surface area (TPSA) is 50.1 Å². The van der Waals surface area contributed by atoms with Gasteiger partial charge in [-0.15, -0.1) is 0 Å². The summed E-state index contributed by atoms with van der Waals surface area (Å²) in [5, 5.41) is 1.77. The average Bonchev–Trinajstić information content (AvgIpc) is 3.82. The molecule has 0 atom stereocenters. The van der Waals surface area contributed by atoms with Crippen molar-refractivity contribution in [3.63, 3.8) is 0 Å². The fourth-order valence-corrected chi connectivity index (χ4v) is 11.3. The Morgan fingerprint density at radius 3 is 1.39 bits per heavy atom. The van der Waals surface area contributed by atoms with Crippen LogP contribution in [0.2, 0.25) is 0 Å². The Kier molecular flexibility index (Phi) is 9.98. The highest BCUT2D eigenvalue weighted by Crippen LogP contribution is 2.48. The van der Waals surface area contributed by atoms with Crippen LogP contribution in [-0.2, 0) is 6.18 Å². The molecule has 2 aliphatic heterocycles. The zero-order valence-electron chi connectivity index (χ0n) is 39.5. The van der Waals surface area contributed by atoms with Crippen molar-refractivity contribution >= 4 is 79.0 Å². The second kappa shape index (κ2) is 17.1. The first-order valence-electron chi connectivity index (χ1n) is 24.5. The third-order valence-corrected chi connectivity index (χ3v) is 14.4. The van der Waals surface area contributed by atoms with Crippen LogP contribution in [0.4, 0.5) is 47.3 Å². The zero-order valence-corrected chi connectivity index (χ0v) is 39.5. The van der Waals surface area contributed by atoms with Gasteiger partial charge in [0, 0.05) is 56.0 Å². The molecule has 6 nitrogen and oxygen atoms in total. The molecule has 14 rings (SSSR count). The third-order valence-electron chi connectivity index (χ3n) is 14.4. The van der Waals surface area contributed by atoms with E-state index < -0.39 is 11.7 Å². The van der Waals surface area contributed by atoms with Gasteiger partial charge in [0.1, 0.15) is 0 Å². The summed E-state index contributed by atoms with van der Waals surface area (Å²) in [6.45, 7) is -0.0413. The van der Waals surface area contributed by atoms with Gasteiger partial charge in [-0.3, -0.25) is 0 Å².